The van der Waals surface area contributed by atoms with Gasteiger partial charge in [0.25, 0.3) is 0 Å². The molecule has 0 N–H and O–H groups in total. The lowest BCUT2D eigenvalue weighted by molar-refractivity contribution is -0.166. The minimum absolute atomic E-state index is 0.0688. The van der Waals surface area contributed by atoms with E-state index in [0.717, 1.165) is 37.0 Å². The highest BCUT2D eigenvalue weighted by Gasteiger charge is 2.57. The van der Waals surface area contributed by atoms with E-state index in [9.17, 15) is 18.0 Å². The first-order valence-electron chi connectivity index (χ1n) is 10.1. The Balaban J connectivity index is 1.51. The number of rotatable bonds is 5. The van der Waals surface area contributed by atoms with Crippen molar-refractivity contribution >= 4 is 21.8 Å². The largest absolute Gasteiger partial charge is 0.406 e. The first-order chi connectivity index (χ1) is 13.6. The molecule has 7 heteroatoms. The number of nitriles is 1. The molecule has 0 aromatic heterocycles. The van der Waals surface area contributed by atoms with Crippen LogP contribution >= 0.6 is 15.9 Å². The van der Waals surface area contributed by atoms with Crippen molar-refractivity contribution in [1.29, 1.82) is 5.26 Å². The standard InChI is InChI=1S/C22H24BrF3N2O/c23-21-8-17-5-18(9-21)7-20(6-17,13-21)10-19(29)28(14-22(24,25)26)12-16-3-1-15(11-27)2-4-16/h1-4,17-18H,5-10,12-14H2. The van der Waals surface area contributed by atoms with Gasteiger partial charge < -0.3 is 4.90 Å². The van der Waals surface area contributed by atoms with Gasteiger partial charge in [0.15, 0.2) is 0 Å². The molecule has 5 rings (SSSR count). The minimum atomic E-state index is -4.44. The van der Waals surface area contributed by atoms with E-state index in [1.165, 1.54) is 6.42 Å². The lowest BCUT2D eigenvalue weighted by atomic mass is 9.48. The lowest BCUT2D eigenvalue weighted by Crippen LogP contribution is -2.54. The van der Waals surface area contributed by atoms with E-state index in [2.05, 4.69) is 15.9 Å². The van der Waals surface area contributed by atoms with Gasteiger partial charge in [-0.25, -0.2) is 0 Å². The molecule has 4 bridgehead atoms. The second kappa shape index (κ2) is 7.30. The molecular weight excluding hydrogens is 445 g/mol. The van der Waals surface area contributed by atoms with Crippen molar-refractivity contribution in [3.63, 3.8) is 0 Å². The average Bonchev–Trinajstić information content (AvgIpc) is 2.58. The van der Waals surface area contributed by atoms with E-state index >= 15 is 0 Å². The van der Waals surface area contributed by atoms with E-state index in [1.54, 1.807) is 24.3 Å². The molecule has 0 aliphatic heterocycles. The van der Waals surface area contributed by atoms with E-state index < -0.39 is 18.6 Å². The van der Waals surface area contributed by atoms with Gasteiger partial charge in [-0.2, -0.15) is 18.4 Å². The fourth-order valence-corrected chi connectivity index (χ4v) is 7.84. The van der Waals surface area contributed by atoms with Crippen molar-refractivity contribution in [1.82, 2.24) is 4.90 Å². The third-order valence-electron chi connectivity index (χ3n) is 6.82. The summed E-state index contributed by atoms with van der Waals surface area (Å²) in [5.41, 5.74) is 0.877. The first kappa shape index (κ1) is 20.7. The van der Waals surface area contributed by atoms with Gasteiger partial charge in [0, 0.05) is 17.3 Å². The summed E-state index contributed by atoms with van der Waals surface area (Å²) in [4.78, 5) is 14.0. The van der Waals surface area contributed by atoms with E-state index in [4.69, 9.17) is 5.26 Å². The van der Waals surface area contributed by atoms with Crippen LogP contribution in [-0.4, -0.2) is 27.9 Å². The van der Waals surface area contributed by atoms with Crippen molar-refractivity contribution in [3.05, 3.63) is 35.4 Å². The summed E-state index contributed by atoms with van der Waals surface area (Å²) in [5, 5.41) is 8.89. The van der Waals surface area contributed by atoms with Crippen LogP contribution in [0.3, 0.4) is 0 Å². The number of nitrogens with zero attached hydrogens (tertiary/aromatic N) is 2. The fraction of sp³-hybridized carbons (Fsp3) is 0.636. The predicted octanol–water partition coefficient (Wildman–Crippen LogP) is 5.57. The molecule has 0 spiro atoms. The molecular formula is C22H24BrF3N2O. The second-order valence-corrected chi connectivity index (χ2v) is 11.1. The van der Waals surface area contributed by atoms with Crippen LogP contribution in [0.25, 0.3) is 0 Å². The third kappa shape index (κ3) is 4.63. The normalized spacial score (nSPS) is 32.8. The first-order valence-corrected chi connectivity index (χ1v) is 10.9. The maximum absolute atomic E-state index is 13.2. The summed E-state index contributed by atoms with van der Waals surface area (Å²) in [5.74, 6) is 0.751. The lowest BCUT2D eigenvalue weighted by Gasteiger charge is -2.60. The van der Waals surface area contributed by atoms with E-state index in [0.29, 0.717) is 23.0 Å². The topological polar surface area (TPSA) is 44.1 Å². The Morgan fingerprint density at radius 1 is 1.17 bits per heavy atom. The van der Waals surface area contributed by atoms with Crippen LogP contribution in [0.4, 0.5) is 13.2 Å². The molecule has 4 saturated carbocycles. The number of hydrogen-bond acceptors (Lipinski definition) is 2. The van der Waals surface area contributed by atoms with Crippen LogP contribution < -0.4 is 0 Å². The van der Waals surface area contributed by atoms with Crippen LogP contribution in [0.2, 0.25) is 0 Å². The van der Waals surface area contributed by atoms with Crippen molar-refractivity contribution in [3.8, 4) is 6.07 Å². The van der Waals surface area contributed by atoms with Gasteiger partial charge in [-0.15, -0.1) is 0 Å². The molecule has 29 heavy (non-hydrogen) atoms. The minimum Gasteiger partial charge on any atom is -0.329 e. The molecule has 156 valence electrons. The monoisotopic (exact) mass is 468 g/mol. The highest BCUT2D eigenvalue weighted by atomic mass is 79.9. The van der Waals surface area contributed by atoms with Gasteiger partial charge in [0.1, 0.15) is 6.54 Å². The van der Waals surface area contributed by atoms with Gasteiger partial charge >= 0.3 is 6.18 Å². The number of hydrogen-bond donors (Lipinski definition) is 0. The Hall–Kier alpha value is -1.55. The maximum atomic E-state index is 13.2. The van der Waals surface area contributed by atoms with Crippen molar-refractivity contribution in [2.75, 3.05) is 6.54 Å². The number of carbonyl (C=O) groups is 1. The highest BCUT2D eigenvalue weighted by Crippen LogP contribution is 2.65. The SMILES string of the molecule is N#Cc1ccc(CN(CC(F)(F)F)C(=O)CC23CC4CC(CC(Br)(C4)C2)C3)cc1. The van der Waals surface area contributed by atoms with Crippen LogP contribution in [0, 0.1) is 28.6 Å². The summed E-state index contributed by atoms with van der Waals surface area (Å²) in [6.07, 6.45) is 1.99. The molecule has 0 radical (unpaired) electrons. The Morgan fingerprint density at radius 3 is 2.31 bits per heavy atom. The average molecular weight is 469 g/mol. The van der Waals surface area contributed by atoms with Crippen molar-refractivity contribution in [2.45, 2.75) is 62.0 Å². The molecule has 2 atom stereocenters. The van der Waals surface area contributed by atoms with Gasteiger partial charge in [-0.1, -0.05) is 28.1 Å². The third-order valence-corrected chi connectivity index (χ3v) is 7.74. The Labute approximate surface area is 177 Å². The predicted molar refractivity (Wildman–Crippen MR) is 106 cm³/mol. The molecule has 4 aliphatic rings. The van der Waals surface area contributed by atoms with Crippen LogP contribution in [0.15, 0.2) is 24.3 Å². The molecule has 1 aromatic carbocycles. The zero-order valence-electron chi connectivity index (χ0n) is 16.1. The van der Waals surface area contributed by atoms with Crippen LogP contribution in [0.5, 0.6) is 0 Å². The molecule has 1 aromatic rings. The molecule has 0 heterocycles. The number of halogens is 4. The van der Waals surface area contributed by atoms with Crippen LogP contribution in [0.1, 0.15) is 56.1 Å². The highest BCUT2D eigenvalue weighted by molar-refractivity contribution is 9.10. The number of amides is 1. The summed E-state index contributed by atoms with van der Waals surface area (Å²) < 4.78 is 39.7. The molecule has 2 unspecified atom stereocenters. The summed E-state index contributed by atoms with van der Waals surface area (Å²) >= 11 is 3.90. The summed E-state index contributed by atoms with van der Waals surface area (Å²) in [7, 11) is 0. The van der Waals surface area contributed by atoms with Gasteiger partial charge in [0.05, 0.1) is 11.6 Å². The number of benzene rings is 1. The second-order valence-electron chi connectivity index (χ2n) is 9.46. The van der Waals surface area contributed by atoms with Gasteiger partial charge in [-0.05, 0) is 73.5 Å². The maximum Gasteiger partial charge on any atom is 0.406 e. The van der Waals surface area contributed by atoms with Gasteiger partial charge in [0.2, 0.25) is 5.91 Å². The number of alkyl halides is 4. The fourth-order valence-electron chi connectivity index (χ4n) is 6.33. The summed E-state index contributed by atoms with van der Waals surface area (Å²) in [6.45, 7) is -1.33. The van der Waals surface area contributed by atoms with E-state index in [1.807, 2.05) is 6.07 Å². The molecule has 4 fully saturated rings. The summed E-state index contributed by atoms with van der Waals surface area (Å²) in [6, 6.07) is 8.37. The van der Waals surface area contributed by atoms with Gasteiger partial charge in [-0.3, -0.25) is 4.79 Å². The molecule has 0 saturated heterocycles. The Bertz CT molecular complexity index is 816. The molecule has 1 amide bonds. The van der Waals surface area contributed by atoms with E-state index in [-0.39, 0.29) is 22.7 Å². The zero-order valence-corrected chi connectivity index (χ0v) is 17.7. The zero-order chi connectivity index (χ0) is 20.9. The quantitative estimate of drug-likeness (QED) is 0.529. The smallest absolute Gasteiger partial charge is 0.329 e. The molecule has 4 aliphatic carbocycles. The molecule has 3 nitrogen and oxygen atoms in total. The number of carbonyl (C=O) groups excluding carboxylic acids is 1. The Kier molecular flexibility index (Phi) is 5.21. The van der Waals surface area contributed by atoms with Crippen molar-refractivity contribution in [2.24, 2.45) is 17.3 Å². The van der Waals surface area contributed by atoms with Crippen molar-refractivity contribution < 1.29 is 18.0 Å². The van der Waals surface area contributed by atoms with Crippen LogP contribution in [-0.2, 0) is 11.3 Å². The Morgan fingerprint density at radius 2 is 1.79 bits per heavy atom.